The molecule has 19 heavy (non-hydrogen) atoms. The number of hydrogen-bond acceptors (Lipinski definition) is 1. The summed E-state index contributed by atoms with van der Waals surface area (Å²) in [4.78, 5) is 0. The fourth-order valence-electron chi connectivity index (χ4n) is 1.79. The Morgan fingerprint density at radius 3 is 2.05 bits per heavy atom. The molecule has 0 fully saturated rings. The molecule has 1 unspecified atom stereocenters. The first-order valence-electron chi connectivity index (χ1n) is 5.57. The summed E-state index contributed by atoms with van der Waals surface area (Å²) in [6.45, 7) is 0. The van der Waals surface area contributed by atoms with Crippen LogP contribution in [0.4, 0.5) is 13.2 Å². The van der Waals surface area contributed by atoms with Crippen LogP contribution in [0, 0.1) is 3.57 Å². The number of hydrogen-bond donors (Lipinski definition) is 1. The van der Waals surface area contributed by atoms with Gasteiger partial charge in [-0.05, 0) is 51.9 Å². The molecule has 2 aromatic carbocycles. The Balaban J connectivity index is 2.31. The molecule has 0 bridgehead atoms. The zero-order valence-corrected chi connectivity index (χ0v) is 11.9. The molecule has 0 heterocycles. The summed E-state index contributed by atoms with van der Waals surface area (Å²) in [5.74, 6) is 0. The fourth-order valence-corrected chi connectivity index (χ4v) is 2.51. The predicted molar refractivity (Wildman–Crippen MR) is 76.6 cm³/mol. The second-order valence-electron chi connectivity index (χ2n) is 4.12. The molecule has 0 aliphatic rings. The second-order valence-corrected chi connectivity index (χ2v) is 5.28. The van der Waals surface area contributed by atoms with Crippen LogP contribution in [0.1, 0.15) is 22.7 Å². The molecule has 0 radical (unpaired) electrons. The molecule has 0 amide bonds. The normalized spacial score (nSPS) is 13.3. The van der Waals surface area contributed by atoms with Crippen molar-refractivity contribution >= 4 is 22.6 Å². The van der Waals surface area contributed by atoms with E-state index in [-0.39, 0.29) is 0 Å². The summed E-state index contributed by atoms with van der Waals surface area (Å²) in [5.41, 5.74) is 7.00. The van der Waals surface area contributed by atoms with E-state index < -0.39 is 17.8 Å². The van der Waals surface area contributed by atoms with E-state index >= 15 is 0 Å². The Labute approximate surface area is 122 Å². The summed E-state index contributed by atoms with van der Waals surface area (Å²) in [5, 5.41) is 0. The van der Waals surface area contributed by atoms with E-state index in [4.69, 9.17) is 5.73 Å². The lowest BCUT2D eigenvalue weighted by atomic mass is 9.98. The van der Waals surface area contributed by atoms with Crippen molar-refractivity contribution < 1.29 is 13.2 Å². The monoisotopic (exact) mass is 377 g/mol. The van der Waals surface area contributed by atoms with Crippen molar-refractivity contribution in [2.75, 3.05) is 0 Å². The van der Waals surface area contributed by atoms with Crippen LogP contribution in [0.3, 0.4) is 0 Å². The summed E-state index contributed by atoms with van der Waals surface area (Å²) in [6, 6.07) is 12.1. The molecule has 0 saturated heterocycles. The zero-order chi connectivity index (χ0) is 14.0. The van der Waals surface area contributed by atoms with E-state index in [0.717, 1.165) is 21.3 Å². The fraction of sp³-hybridized carbons (Fsp3) is 0.143. The van der Waals surface area contributed by atoms with Gasteiger partial charge in [-0.2, -0.15) is 13.2 Å². The topological polar surface area (TPSA) is 26.0 Å². The van der Waals surface area contributed by atoms with Gasteiger partial charge >= 0.3 is 6.18 Å². The summed E-state index contributed by atoms with van der Waals surface area (Å²) in [6.07, 6.45) is -4.32. The van der Waals surface area contributed by atoms with E-state index in [1.165, 1.54) is 12.1 Å². The molecule has 0 aromatic heterocycles. The average molecular weight is 377 g/mol. The quantitative estimate of drug-likeness (QED) is 0.774. The van der Waals surface area contributed by atoms with Crippen LogP contribution < -0.4 is 5.73 Å². The largest absolute Gasteiger partial charge is 0.416 e. The molecule has 0 saturated carbocycles. The van der Waals surface area contributed by atoms with Crippen LogP contribution in [0.2, 0.25) is 0 Å². The number of rotatable bonds is 2. The van der Waals surface area contributed by atoms with Crippen molar-refractivity contribution in [3.8, 4) is 0 Å². The molecular formula is C14H11F3IN. The van der Waals surface area contributed by atoms with E-state index in [9.17, 15) is 13.2 Å². The van der Waals surface area contributed by atoms with Crippen molar-refractivity contribution in [2.24, 2.45) is 5.73 Å². The van der Waals surface area contributed by atoms with Crippen LogP contribution in [-0.4, -0.2) is 0 Å². The number of halogens is 4. The Hall–Kier alpha value is -1.08. The van der Waals surface area contributed by atoms with E-state index in [1.54, 1.807) is 0 Å². The van der Waals surface area contributed by atoms with Gasteiger partial charge in [0.15, 0.2) is 0 Å². The van der Waals surface area contributed by atoms with Crippen LogP contribution in [0.5, 0.6) is 0 Å². The highest BCUT2D eigenvalue weighted by molar-refractivity contribution is 14.1. The third-order valence-electron chi connectivity index (χ3n) is 2.84. The molecule has 5 heteroatoms. The first kappa shape index (κ1) is 14.3. The van der Waals surface area contributed by atoms with Crippen LogP contribution >= 0.6 is 22.6 Å². The highest BCUT2D eigenvalue weighted by Gasteiger charge is 2.30. The maximum atomic E-state index is 12.5. The molecule has 1 nitrogen and oxygen atoms in total. The molecule has 100 valence electrons. The Morgan fingerprint density at radius 1 is 0.947 bits per heavy atom. The van der Waals surface area contributed by atoms with Gasteiger partial charge in [0.1, 0.15) is 0 Å². The molecule has 0 spiro atoms. The Kier molecular flexibility index (Phi) is 4.15. The Bertz CT molecular complexity index is 564. The average Bonchev–Trinajstić information content (AvgIpc) is 2.38. The van der Waals surface area contributed by atoms with Crippen molar-refractivity contribution in [1.82, 2.24) is 0 Å². The predicted octanol–water partition coefficient (Wildman–Crippen LogP) is 4.36. The summed E-state index contributed by atoms with van der Waals surface area (Å²) < 4.78 is 38.4. The summed E-state index contributed by atoms with van der Waals surface area (Å²) >= 11 is 2.16. The van der Waals surface area contributed by atoms with Gasteiger partial charge in [0, 0.05) is 3.57 Å². The number of nitrogens with two attached hydrogens (primary N) is 1. The van der Waals surface area contributed by atoms with Crippen molar-refractivity contribution in [3.05, 3.63) is 68.8 Å². The molecule has 1 atom stereocenters. The molecule has 2 rings (SSSR count). The first-order valence-corrected chi connectivity index (χ1v) is 6.64. The SMILES string of the molecule is NC(c1ccc(C(F)(F)F)cc1)c1ccccc1I. The van der Waals surface area contributed by atoms with Crippen molar-refractivity contribution in [3.63, 3.8) is 0 Å². The zero-order valence-electron chi connectivity index (χ0n) is 9.79. The maximum absolute atomic E-state index is 12.5. The third-order valence-corrected chi connectivity index (χ3v) is 3.82. The second kappa shape index (κ2) is 5.50. The lowest BCUT2D eigenvalue weighted by molar-refractivity contribution is -0.137. The van der Waals surface area contributed by atoms with E-state index in [2.05, 4.69) is 22.6 Å². The number of alkyl halides is 3. The molecule has 2 N–H and O–H groups in total. The smallest absolute Gasteiger partial charge is 0.320 e. The number of benzene rings is 2. The summed E-state index contributed by atoms with van der Waals surface area (Å²) in [7, 11) is 0. The lowest BCUT2D eigenvalue weighted by Crippen LogP contribution is -2.14. The molecule has 0 aliphatic carbocycles. The van der Waals surface area contributed by atoms with Gasteiger partial charge in [-0.15, -0.1) is 0 Å². The van der Waals surface area contributed by atoms with Gasteiger partial charge in [-0.3, -0.25) is 0 Å². The molecule has 0 aliphatic heterocycles. The molecular weight excluding hydrogens is 366 g/mol. The van der Waals surface area contributed by atoms with Gasteiger partial charge in [-0.25, -0.2) is 0 Å². The minimum Gasteiger partial charge on any atom is -0.320 e. The molecule has 2 aromatic rings. The lowest BCUT2D eigenvalue weighted by Gasteiger charge is -2.15. The Morgan fingerprint density at radius 2 is 1.53 bits per heavy atom. The van der Waals surface area contributed by atoms with Gasteiger partial charge in [-0.1, -0.05) is 30.3 Å². The van der Waals surface area contributed by atoms with Gasteiger partial charge in [0.25, 0.3) is 0 Å². The van der Waals surface area contributed by atoms with Crippen molar-refractivity contribution in [2.45, 2.75) is 12.2 Å². The maximum Gasteiger partial charge on any atom is 0.416 e. The minimum atomic E-state index is -4.32. The van der Waals surface area contributed by atoms with E-state index in [0.29, 0.717) is 5.56 Å². The van der Waals surface area contributed by atoms with E-state index in [1.807, 2.05) is 24.3 Å². The van der Waals surface area contributed by atoms with Gasteiger partial charge < -0.3 is 5.73 Å². The minimum absolute atomic E-state index is 0.421. The van der Waals surface area contributed by atoms with Gasteiger partial charge in [0.05, 0.1) is 11.6 Å². The third kappa shape index (κ3) is 3.27. The standard InChI is InChI=1S/C14H11F3IN/c15-14(16,17)10-7-5-9(6-8-10)13(19)11-3-1-2-4-12(11)18/h1-8,13H,19H2. The van der Waals surface area contributed by atoms with Gasteiger partial charge in [0.2, 0.25) is 0 Å². The van der Waals surface area contributed by atoms with Crippen LogP contribution in [-0.2, 0) is 6.18 Å². The van der Waals surface area contributed by atoms with Crippen molar-refractivity contribution in [1.29, 1.82) is 0 Å². The highest BCUT2D eigenvalue weighted by atomic mass is 127. The van der Waals surface area contributed by atoms with Crippen LogP contribution in [0.25, 0.3) is 0 Å². The van der Waals surface area contributed by atoms with Crippen LogP contribution in [0.15, 0.2) is 48.5 Å². The highest BCUT2D eigenvalue weighted by Crippen LogP contribution is 2.31. The first-order chi connectivity index (χ1) is 8.89.